The molecule has 0 spiro atoms. The SMILES string of the molecule is C[C@H]1Oc2ccc(NC(=O)CCC(=O)c3ccc4c(c3)OCCCO4)cc2NC1=O. The summed E-state index contributed by atoms with van der Waals surface area (Å²) in [6.07, 6.45) is 0.321. The fourth-order valence-electron chi connectivity index (χ4n) is 3.22. The smallest absolute Gasteiger partial charge is 0.265 e. The Hall–Kier alpha value is -3.55. The third-order valence-corrected chi connectivity index (χ3v) is 4.84. The molecule has 2 aromatic carbocycles. The van der Waals surface area contributed by atoms with Gasteiger partial charge in [0.1, 0.15) is 5.75 Å². The highest BCUT2D eigenvalue weighted by Crippen LogP contribution is 2.33. The van der Waals surface area contributed by atoms with Gasteiger partial charge < -0.3 is 24.8 Å². The number of rotatable bonds is 5. The fourth-order valence-corrected chi connectivity index (χ4v) is 3.22. The zero-order valence-corrected chi connectivity index (χ0v) is 16.5. The summed E-state index contributed by atoms with van der Waals surface area (Å²) in [4.78, 5) is 36.5. The van der Waals surface area contributed by atoms with Crippen LogP contribution in [0.5, 0.6) is 17.2 Å². The summed E-state index contributed by atoms with van der Waals surface area (Å²) in [6.45, 7) is 2.78. The van der Waals surface area contributed by atoms with Crippen LogP contribution >= 0.6 is 0 Å². The van der Waals surface area contributed by atoms with E-state index >= 15 is 0 Å². The van der Waals surface area contributed by atoms with Crippen molar-refractivity contribution in [1.82, 2.24) is 0 Å². The average Bonchev–Trinajstić information content (AvgIpc) is 2.98. The first-order valence-electron chi connectivity index (χ1n) is 9.84. The number of nitrogens with one attached hydrogen (secondary N) is 2. The van der Waals surface area contributed by atoms with Crippen molar-refractivity contribution >= 4 is 29.0 Å². The van der Waals surface area contributed by atoms with Crippen LogP contribution in [0.4, 0.5) is 11.4 Å². The standard InChI is InChI=1S/C22H22N2O6/c1-13-22(27)24-16-12-15(4-7-18(16)30-13)23-21(26)8-5-17(25)14-3-6-19-20(11-14)29-10-2-9-28-19/h3-4,6-7,11-13H,2,5,8-10H2,1H3,(H,23,26)(H,24,27)/t13-/m1/s1. The van der Waals surface area contributed by atoms with Gasteiger partial charge in [-0.2, -0.15) is 0 Å². The van der Waals surface area contributed by atoms with Gasteiger partial charge in [0, 0.05) is 30.5 Å². The molecule has 8 heteroatoms. The molecule has 2 amide bonds. The molecule has 0 radical (unpaired) electrons. The van der Waals surface area contributed by atoms with Gasteiger partial charge in [0.05, 0.1) is 18.9 Å². The molecule has 8 nitrogen and oxygen atoms in total. The average molecular weight is 410 g/mol. The van der Waals surface area contributed by atoms with Crippen LogP contribution in [0.2, 0.25) is 0 Å². The van der Waals surface area contributed by atoms with Crippen LogP contribution in [-0.4, -0.2) is 36.9 Å². The molecule has 156 valence electrons. The van der Waals surface area contributed by atoms with Gasteiger partial charge in [-0.3, -0.25) is 14.4 Å². The van der Waals surface area contributed by atoms with Gasteiger partial charge in [0.25, 0.3) is 5.91 Å². The predicted molar refractivity (Wildman–Crippen MR) is 109 cm³/mol. The Kier molecular flexibility index (Phi) is 5.56. The zero-order chi connectivity index (χ0) is 21.1. The minimum atomic E-state index is -0.561. The zero-order valence-electron chi connectivity index (χ0n) is 16.5. The second-order valence-corrected chi connectivity index (χ2v) is 7.14. The number of ketones is 1. The molecular formula is C22H22N2O6. The third kappa shape index (κ3) is 4.37. The van der Waals surface area contributed by atoms with Gasteiger partial charge in [-0.15, -0.1) is 0 Å². The van der Waals surface area contributed by atoms with Gasteiger partial charge >= 0.3 is 0 Å². The first kappa shape index (κ1) is 19.8. The van der Waals surface area contributed by atoms with Crippen LogP contribution in [-0.2, 0) is 9.59 Å². The summed E-state index contributed by atoms with van der Waals surface area (Å²) < 4.78 is 16.7. The number of anilines is 2. The van der Waals surface area contributed by atoms with E-state index in [-0.39, 0.29) is 30.4 Å². The fraction of sp³-hybridized carbons (Fsp3) is 0.318. The molecule has 2 N–H and O–H groups in total. The normalized spacial score (nSPS) is 17.1. The molecule has 1 atom stereocenters. The maximum Gasteiger partial charge on any atom is 0.265 e. The Morgan fingerprint density at radius 2 is 1.80 bits per heavy atom. The summed E-state index contributed by atoms with van der Waals surface area (Å²) in [5.74, 6) is 1.03. The Bertz CT molecular complexity index is 1000. The van der Waals surface area contributed by atoms with Crippen LogP contribution in [0.25, 0.3) is 0 Å². The largest absolute Gasteiger partial charge is 0.490 e. The molecule has 0 aliphatic carbocycles. The number of fused-ring (bicyclic) bond motifs is 2. The summed E-state index contributed by atoms with van der Waals surface area (Å²) in [6, 6.07) is 10.1. The molecule has 0 bridgehead atoms. The molecule has 0 saturated carbocycles. The third-order valence-electron chi connectivity index (χ3n) is 4.84. The van der Waals surface area contributed by atoms with Gasteiger partial charge in [0.2, 0.25) is 5.91 Å². The summed E-state index contributed by atoms with van der Waals surface area (Å²) in [5, 5.41) is 5.47. The Morgan fingerprint density at radius 1 is 1.03 bits per heavy atom. The van der Waals surface area contributed by atoms with Crippen LogP contribution in [0.15, 0.2) is 36.4 Å². The van der Waals surface area contributed by atoms with E-state index in [2.05, 4.69) is 10.6 Å². The molecule has 0 fully saturated rings. The monoisotopic (exact) mass is 410 g/mol. The lowest BCUT2D eigenvalue weighted by Gasteiger charge is -2.23. The topological polar surface area (TPSA) is 103 Å². The predicted octanol–water partition coefficient (Wildman–Crippen LogP) is 3.17. The highest BCUT2D eigenvalue weighted by atomic mass is 16.5. The number of carbonyl (C=O) groups excluding carboxylic acids is 3. The quantitative estimate of drug-likeness (QED) is 0.734. The van der Waals surface area contributed by atoms with Crippen molar-refractivity contribution in [2.75, 3.05) is 23.8 Å². The van der Waals surface area contributed by atoms with Crippen molar-refractivity contribution in [3.05, 3.63) is 42.0 Å². The van der Waals surface area contributed by atoms with Crippen molar-refractivity contribution < 1.29 is 28.6 Å². The van der Waals surface area contributed by atoms with Crippen molar-refractivity contribution in [3.8, 4) is 17.2 Å². The van der Waals surface area contributed by atoms with Gasteiger partial charge in [-0.1, -0.05) is 0 Å². The lowest BCUT2D eigenvalue weighted by Crippen LogP contribution is -2.34. The first-order valence-corrected chi connectivity index (χ1v) is 9.84. The summed E-state index contributed by atoms with van der Waals surface area (Å²) >= 11 is 0. The van der Waals surface area contributed by atoms with E-state index in [1.54, 1.807) is 43.3 Å². The number of benzene rings is 2. The number of amides is 2. The van der Waals surface area contributed by atoms with Crippen LogP contribution in [0, 0.1) is 0 Å². The minimum absolute atomic E-state index is 0.0320. The Labute approximate surface area is 173 Å². The van der Waals surface area contributed by atoms with Crippen molar-refractivity contribution in [2.24, 2.45) is 0 Å². The van der Waals surface area contributed by atoms with Gasteiger partial charge in [0.15, 0.2) is 23.4 Å². The van der Waals surface area contributed by atoms with E-state index in [9.17, 15) is 14.4 Å². The highest BCUT2D eigenvalue weighted by Gasteiger charge is 2.23. The van der Waals surface area contributed by atoms with Gasteiger partial charge in [-0.05, 0) is 43.3 Å². The van der Waals surface area contributed by atoms with Crippen molar-refractivity contribution in [3.63, 3.8) is 0 Å². The maximum absolute atomic E-state index is 12.5. The second-order valence-electron chi connectivity index (χ2n) is 7.14. The highest BCUT2D eigenvalue weighted by molar-refractivity contribution is 6.01. The first-order chi connectivity index (χ1) is 14.5. The van der Waals surface area contributed by atoms with Crippen LogP contribution in [0.3, 0.4) is 0 Å². The number of carbonyl (C=O) groups is 3. The molecule has 4 rings (SSSR count). The van der Waals surface area contributed by atoms with Crippen LogP contribution in [0.1, 0.15) is 36.5 Å². The van der Waals surface area contributed by atoms with E-state index in [1.807, 2.05) is 0 Å². The molecule has 0 aromatic heterocycles. The molecule has 2 aromatic rings. The Balaban J connectivity index is 1.34. The molecule has 0 unspecified atom stereocenters. The Morgan fingerprint density at radius 3 is 2.63 bits per heavy atom. The molecule has 2 aliphatic heterocycles. The summed E-state index contributed by atoms with van der Waals surface area (Å²) in [5.41, 5.74) is 1.49. The van der Waals surface area contributed by atoms with Crippen molar-refractivity contribution in [2.45, 2.75) is 32.3 Å². The molecule has 2 heterocycles. The number of ether oxygens (including phenoxy) is 3. The van der Waals surface area contributed by atoms with E-state index in [1.165, 1.54) is 0 Å². The van der Waals surface area contributed by atoms with Gasteiger partial charge in [-0.25, -0.2) is 0 Å². The molecule has 0 saturated heterocycles. The maximum atomic E-state index is 12.5. The molecular weight excluding hydrogens is 388 g/mol. The van der Waals surface area contributed by atoms with E-state index in [4.69, 9.17) is 14.2 Å². The molecule has 30 heavy (non-hydrogen) atoms. The second kappa shape index (κ2) is 8.44. The number of Topliss-reactive ketones (excluding diaryl/α,β-unsaturated/α-hetero) is 1. The lowest BCUT2D eigenvalue weighted by molar-refractivity contribution is -0.122. The number of hydrogen-bond donors (Lipinski definition) is 2. The number of hydrogen-bond acceptors (Lipinski definition) is 6. The molecule has 2 aliphatic rings. The van der Waals surface area contributed by atoms with E-state index in [0.717, 1.165) is 6.42 Å². The van der Waals surface area contributed by atoms with E-state index < -0.39 is 6.10 Å². The summed E-state index contributed by atoms with van der Waals surface area (Å²) in [7, 11) is 0. The van der Waals surface area contributed by atoms with E-state index in [0.29, 0.717) is 47.4 Å². The van der Waals surface area contributed by atoms with Crippen LogP contribution < -0.4 is 24.8 Å². The van der Waals surface area contributed by atoms with Crippen molar-refractivity contribution in [1.29, 1.82) is 0 Å². The lowest BCUT2D eigenvalue weighted by atomic mass is 10.1. The minimum Gasteiger partial charge on any atom is -0.490 e.